The molecule has 1 aromatic carbocycles. The van der Waals surface area contributed by atoms with Crippen molar-refractivity contribution in [2.75, 3.05) is 11.4 Å². The topological polar surface area (TPSA) is 58.1 Å². The van der Waals surface area contributed by atoms with Gasteiger partial charge in [0, 0.05) is 18.6 Å². The van der Waals surface area contributed by atoms with Crippen LogP contribution in [0.5, 0.6) is 0 Å². The second-order valence-corrected chi connectivity index (χ2v) is 6.90. The molecule has 1 aromatic heterocycles. The number of hydrogen-bond donors (Lipinski definition) is 1. The average molecular weight is 310 g/mol. The molecule has 0 bridgehead atoms. The summed E-state index contributed by atoms with van der Waals surface area (Å²) in [4.78, 5) is 23.0. The molecule has 0 aliphatic carbocycles. The number of amides is 1. The lowest BCUT2D eigenvalue weighted by Gasteiger charge is -2.29. The fraction of sp³-hybridized carbons (Fsp3) is 0.389. The number of nitrogens with one attached hydrogen (secondary N) is 1. The van der Waals surface area contributed by atoms with Gasteiger partial charge in [-0.1, -0.05) is 24.3 Å². The maximum atomic E-state index is 12.1. The quantitative estimate of drug-likeness (QED) is 0.926. The molecule has 2 heterocycles. The maximum absolute atomic E-state index is 12.1. The van der Waals surface area contributed by atoms with Gasteiger partial charge in [0.15, 0.2) is 0 Å². The molecule has 5 heteroatoms. The monoisotopic (exact) mass is 310 g/mol. The first-order chi connectivity index (χ1) is 10.9. The van der Waals surface area contributed by atoms with Gasteiger partial charge >= 0.3 is 0 Å². The highest BCUT2D eigenvalue weighted by molar-refractivity contribution is 5.92. The van der Waals surface area contributed by atoms with E-state index < -0.39 is 0 Å². The Morgan fingerprint density at radius 2 is 1.87 bits per heavy atom. The van der Waals surface area contributed by atoms with Crippen molar-refractivity contribution in [2.45, 2.75) is 39.3 Å². The summed E-state index contributed by atoms with van der Waals surface area (Å²) in [7, 11) is 0. The second kappa shape index (κ2) is 5.99. The Bertz CT molecular complexity index is 704. The summed E-state index contributed by atoms with van der Waals surface area (Å²) in [5, 5.41) is 2.89. The number of aromatic nitrogens is 2. The Labute approximate surface area is 136 Å². The molecule has 1 aliphatic rings. The summed E-state index contributed by atoms with van der Waals surface area (Å²) in [6.07, 6.45) is 4.24. The van der Waals surface area contributed by atoms with Crippen molar-refractivity contribution in [3.63, 3.8) is 0 Å². The minimum atomic E-state index is -0.284. The molecule has 5 nitrogen and oxygen atoms in total. The van der Waals surface area contributed by atoms with Crippen molar-refractivity contribution in [3.8, 4) is 0 Å². The molecule has 3 rings (SSSR count). The van der Waals surface area contributed by atoms with E-state index in [2.05, 4.69) is 44.5 Å². The Balaban J connectivity index is 1.72. The zero-order valence-corrected chi connectivity index (χ0v) is 13.8. The third-order valence-corrected chi connectivity index (χ3v) is 3.81. The van der Waals surface area contributed by atoms with E-state index in [1.54, 1.807) is 12.4 Å². The van der Waals surface area contributed by atoms with Crippen LogP contribution in [0, 0.1) is 0 Å². The summed E-state index contributed by atoms with van der Waals surface area (Å²) < 4.78 is 0. The van der Waals surface area contributed by atoms with Gasteiger partial charge in [0.2, 0.25) is 0 Å². The van der Waals surface area contributed by atoms with Crippen molar-refractivity contribution < 1.29 is 4.79 Å². The zero-order chi connectivity index (χ0) is 16.4. The minimum absolute atomic E-state index is 0.194. The summed E-state index contributed by atoms with van der Waals surface area (Å²) in [5.74, 6) is 0.618. The molecule has 0 saturated carbocycles. The molecule has 0 fully saturated rings. The van der Waals surface area contributed by atoms with Crippen LogP contribution in [-0.4, -0.2) is 28.0 Å². The largest absolute Gasteiger partial charge is 0.351 e. The van der Waals surface area contributed by atoms with Crippen LogP contribution in [0.2, 0.25) is 0 Å². The van der Waals surface area contributed by atoms with Crippen LogP contribution in [0.4, 0.5) is 5.82 Å². The third kappa shape index (κ3) is 3.67. The molecular weight excluding hydrogens is 288 g/mol. The summed E-state index contributed by atoms with van der Waals surface area (Å²) in [5.41, 5.74) is 2.79. The van der Waals surface area contributed by atoms with Gasteiger partial charge in [-0.2, -0.15) is 0 Å². The standard InChI is InChI=1S/C18H22N4O/c1-18(2,3)21-17(23)15-10-20-16(11-19-15)22-9-8-13-6-4-5-7-14(13)12-22/h4-7,10-11H,8-9,12H2,1-3H3,(H,21,23). The van der Waals surface area contributed by atoms with Gasteiger partial charge in [-0.05, 0) is 38.3 Å². The van der Waals surface area contributed by atoms with Gasteiger partial charge in [-0.25, -0.2) is 9.97 Å². The molecule has 0 unspecified atom stereocenters. The van der Waals surface area contributed by atoms with Gasteiger partial charge in [0.25, 0.3) is 5.91 Å². The predicted octanol–water partition coefficient (Wildman–Crippen LogP) is 2.57. The van der Waals surface area contributed by atoms with E-state index in [0.717, 1.165) is 25.3 Å². The maximum Gasteiger partial charge on any atom is 0.271 e. The first kappa shape index (κ1) is 15.5. The van der Waals surface area contributed by atoms with Gasteiger partial charge in [-0.15, -0.1) is 0 Å². The van der Waals surface area contributed by atoms with Gasteiger partial charge in [0.1, 0.15) is 11.5 Å². The molecular formula is C18H22N4O. The highest BCUT2D eigenvalue weighted by atomic mass is 16.2. The lowest BCUT2D eigenvalue weighted by Crippen LogP contribution is -2.41. The van der Waals surface area contributed by atoms with Gasteiger partial charge in [-0.3, -0.25) is 4.79 Å². The number of carbonyl (C=O) groups is 1. The molecule has 120 valence electrons. The highest BCUT2D eigenvalue weighted by Crippen LogP contribution is 2.22. The smallest absolute Gasteiger partial charge is 0.271 e. The highest BCUT2D eigenvalue weighted by Gasteiger charge is 2.19. The Morgan fingerprint density at radius 3 is 2.52 bits per heavy atom. The van der Waals surface area contributed by atoms with Crippen LogP contribution in [0.3, 0.4) is 0 Å². The van der Waals surface area contributed by atoms with E-state index in [9.17, 15) is 4.79 Å². The number of carbonyl (C=O) groups excluding carboxylic acids is 1. The lowest BCUT2D eigenvalue weighted by molar-refractivity contribution is 0.0914. The van der Waals surface area contributed by atoms with Crippen LogP contribution >= 0.6 is 0 Å². The van der Waals surface area contributed by atoms with Crippen LogP contribution < -0.4 is 10.2 Å². The number of anilines is 1. The van der Waals surface area contributed by atoms with Crippen LogP contribution in [0.25, 0.3) is 0 Å². The molecule has 1 N–H and O–H groups in total. The molecule has 1 amide bonds. The van der Waals surface area contributed by atoms with E-state index >= 15 is 0 Å². The van der Waals surface area contributed by atoms with Crippen molar-refractivity contribution in [1.29, 1.82) is 0 Å². The summed E-state index contributed by atoms with van der Waals surface area (Å²) in [6.45, 7) is 7.57. The number of benzene rings is 1. The summed E-state index contributed by atoms with van der Waals surface area (Å²) in [6, 6.07) is 8.48. The molecule has 0 spiro atoms. The molecule has 0 radical (unpaired) electrons. The van der Waals surface area contributed by atoms with Crippen molar-refractivity contribution in [1.82, 2.24) is 15.3 Å². The molecule has 1 aliphatic heterocycles. The normalized spacial score (nSPS) is 14.3. The second-order valence-electron chi connectivity index (χ2n) is 6.90. The minimum Gasteiger partial charge on any atom is -0.351 e. The molecule has 0 atom stereocenters. The predicted molar refractivity (Wildman–Crippen MR) is 90.4 cm³/mol. The Morgan fingerprint density at radius 1 is 1.13 bits per heavy atom. The van der Waals surface area contributed by atoms with E-state index in [0.29, 0.717) is 5.69 Å². The van der Waals surface area contributed by atoms with Crippen LogP contribution in [-0.2, 0) is 13.0 Å². The molecule has 23 heavy (non-hydrogen) atoms. The van der Waals surface area contributed by atoms with E-state index in [4.69, 9.17) is 0 Å². The number of hydrogen-bond acceptors (Lipinski definition) is 4. The van der Waals surface area contributed by atoms with Crippen molar-refractivity contribution in [3.05, 3.63) is 53.5 Å². The van der Waals surface area contributed by atoms with Crippen molar-refractivity contribution in [2.24, 2.45) is 0 Å². The fourth-order valence-electron chi connectivity index (χ4n) is 2.70. The number of rotatable bonds is 2. The van der Waals surface area contributed by atoms with Gasteiger partial charge in [0.05, 0.1) is 12.4 Å². The molecule has 0 saturated heterocycles. The number of fused-ring (bicyclic) bond motifs is 1. The fourth-order valence-corrected chi connectivity index (χ4v) is 2.70. The van der Waals surface area contributed by atoms with Crippen LogP contribution in [0.15, 0.2) is 36.7 Å². The van der Waals surface area contributed by atoms with Gasteiger partial charge < -0.3 is 10.2 Å². The zero-order valence-electron chi connectivity index (χ0n) is 13.8. The third-order valence-electron chi connectivity index (χ3n) is 3.81. The lowest BCUT2D eigenvalue weighted by atomic mass is 10.0. The Hall–Kier alpha value is -2.43. The summed E-state index contributed by atoms with van der Waals surface area (Å²) >= 11 is 0. The molecule has 2 aromatic rings. The Kier molecular flexibility index (Phi) is 4.03. The van der Waals surface area contributed by atoms with Crippen LogP contribution in [0.1, 0.15) is 42.4 Å². The number of nitrogens with zero attached hydrogens (tertiary/aromatic N) is 3. The van der Waals surface area contributed by atoms with E-state index in [1.165, 1.54) is 11.1 Å². The SMILES string of the molecule is CC(C)(C)NC(=O)c1cnc(N2CCc3ccccc3C2)cn1. The van der Waals surface area contributed by atoms with Crippen molar-refractivity contribution >= 4 is 11.7 Å². The van der Waals surface area contributed by atoms with E-state index in [1.807, 2.05) is 20.8 Å². The first-order valence-corrected chi connectivity index (χ1v) is 7.89. The first-order valence-electron chi connectivity index (χ1n) is 7.89. The average Bonchev–Trinajstić information content (AvgIpc) is 2.53. The van der Waals surface area contributed by atoms with E-state index in [-0.39, 0.29) is 11.4 Å².